The fourth-order valence-electron chi connectivity index (χ4n) is 2.11. The van der Waals surface area contributed by atoms with E-state index in [0.717, 1.165) is 12.8 Å². The van der Waals surface area contributed by atoms with Crippen LogP contribution in [0.5, 0.6) is 0 Å². The minimum atomic E-state index is -0.963. The highest BCUT2D eigenvalue weighted by Crippen LogP contribution is 2.38. The largest absolute Gasteiger partial charge is 0.478 e. The van der Waals surface area contributed by atoms with Gasteiger partial charge in [0.25, 0.3) is 0 Å². The number of carbonyl (C=O) groups excluding carboxylic acids is 1. The second-order valence-electron chi connectivity index (χ2n) is 4.51. The number of fused-ring (bicyclic) bond motifs is 1. The number of amides is 1. The molecule has 1 unspecified atom stereocenters. The highest BCUT2D eigenvalue weighted by atomic mass is 16.4. The van der Waals surface area contributed by atoms with Crippen LogP contribution in [0.25, 0.3) is 0 Å². The number of rotatable bonds is 2. The molecule has 0 saturated heterocycles. The third-order valence-corrected chi connectivity index (χ3v) is 3.21. The van der Waals surface area contributed by atoms with Crippen LogP contribution in [0, 0.1) is 5.92 Å². The summed E-state index contributed by atoms with van der Waals surface area (Å²) in [5.41, 5.74) is 1.57. The summed E-state index contributed by atoms with van der Waals surface area (Å²) in [4.78, 5) is 22.6. The molecule has 1 fully saturated rings. The molecule has 1 atom stereocenters. The molecule has 1 aliphatic carbocycles. The summed E-state index contributed by atoms with van der Waals surface area (Å²) in [5.74, 6) is -0.603. The van der Waals surface area contributed by atoms with Gasteiger partial charge in [-0.2, -0.15) is 0 Å². The maximum atomic E-state index is 11.8. The van der Waals surface area contributed by atoms with E-state index in [0.29, 0.717) is 17.3 Å². The van der Waals surface area contributed by atoms with Crippen molar-refractivity contribution in [3.05, 3.63) is 23.8 Å². The number of carboxylic acid groups (broad SMARTS) is 1. The van der Waals surface area contributed by atoms with Crippen molar-refractivity contribution in [2.24, 2.45) is 5.92 Å². The minimum Gasteiger partial charge on any atom is -0.478 e. The quantitative estimate of drug-likeness (QED) is 0.722. The fourth-order valence-corrected chi connectivity index (χ4v) is 2.11. The lowest BCUT2D eigenvalue weighted by Gasteiger charge is -2.26. The molecule has 0 spiro atoms. The van der Waals surface area contributed by atoms with Crippen LogP contribution in [-0.2, 0) is 4.79 Å². The molecular formula is C12H12N2O3. The molecular weight excluding hydrogens is 220 g/mol. The van der Waals surface area contributed by atoms with E-state index in [-0.39, 0.29) is 17.5 Å². The van der Waals surface area contributed by atoms with Gasteiger partial charge >= 0.3 is 5.97 Å². The second-order valence-corrected chi connectivity index (χ2v) is 4.51. The van der Waals surface area contributed by atoms with E-state index in [1.54, 1.807) is 12.1 Å². The Hall–Kier alpha value is -2.04. The van der Waals surface area contributed by atoms with Gasteiger partial charge < -0.3 is 15.7 Å². The Bertz CT molecular complexity index is 508. The number of hydrogen-bond donors (Lipinski definition) is 3. The summed E-state index contributed by atoms with van der Waals surface area (Å²) in [6, 6.07) is 4.45. The molecule has 1 aromatic rings. The van der Waals surface area contributed by atoms with Crippen molar-refractivity contribution in [1.29, 1.82) is 0 Å². The molecule has 88 valence electrons. The van der Waals surface area contributed by atoms with Gasteiger partial charge in [0.1, 0.15) is 6.04 Å². The summed E-state index contributed by atoms with van der Waals surface area (Å²) < 4.78 is 0. The molecule has 1 saturated carbocycles. The van der Waals surface area contributed by atoms with Gasteiger partial charge in [-0.3, -0.25) is 4.79 Å². The van der Waals surface area contributed by atoms with Gasteiger partial charge in [-0.25, -0.2) is 4.79 Å². The molecule has 5 heteroatoms. The van der Waals surface area contributed by atoms with Crippen molar-refractivity contribution >= 4 is 23.3 Å². The van der Waals surface area contributed by atoms with Crippen molar-refractivity contribution in [3.8, 4) is 0 Å². The number of aromatic carboxylic acids is 1. The summed E-state index contributed by atoms with van der Waals surface area (Å²) >= 11 is 0. The van der Waals surface area contributed by atoms with Gasteiger partial charge in [0.2, 0.25) is 5.91 Å². The van der Waals surface area contributed by atoms with Gasteiger partial charge in [0.15, 0.2) is 0 Å². The highest BCUT2D eigenvalue weighted by molar-refractivity contribution is 6.04. The van der Waals surface area contributed by atoms with Gasteiger partial charge in [0.05, 0.1) is 16.9 Å². The normalized spacial score (nSPS) is 22.4. The summed E-state index contributed by atoms with van der Waals surface area (Å²) in [7, 11) is 0. The van der Waals surface area contributed by atoms with Crippen molar-refractivity contribution in [1.82, 2.24) is 0 Å². The first-order chi connectivity index (χ1) is 8.15. The number of hydrogen-bond acceptors (Lipinski definition) is 3. The van der Waals surface area contributed by atoms with Crippen LogP contribution in [0.2, 0.25) is 0 Å². The van der Waals surface area contributed by atoms with Crippen LogP contribution in [0.4, 0.5) is 11.4 Å². The van der Waals surface area contributed by atoms with Crippen molar-refractivity contribution in [2.45, 2.75) is 18.9 Å². The van der Waals surface area contributed by atoms with Gasteiger partial charge in [-0.15, -0.1) is 0 Å². The summed E-state index contributed by atoms with van der Waals surface area (Å²) in [6.07, 6.45) is 2.11. The maximum absolute atomic E-state index is 11.8. The van der Waals surface area contributed by atoms with E-state index in [2.05, 4.69) is 10.6 Å². The Labute approximate surface area is 97.8 Å². The zero-order valence-electron chi connectivity index (χ0n) is 9.06. The van der Waals surface area contributed by atoms with E-state index in [1.165, 1.54) is 6.07 Å². The monoisotopic (exact) mass is 232 g/mol. The molecule has 2 aliphatic rings. The van der Waals surface area contributed by atoms with Gasteiger partial charge in [-0.1, -0.05) is 0 Å². The van der Waals surface area contributed by atoms with Crippen LogP contribution in [-0.4, -0.2) is 23.0 Å². The van der Waals surface area contributed by atoms with Crippen LogP contribution in [0.15, 0.2) is 18.2 Å². The lowest BCUT2D eigenvalue weighted by molar-refractivity contribution is -0.117. The fraction of sp³-hybridized carbons (Fsp3) is 0.333. The Balaban J connectivity index is 1.94. The zero-order chi connectivity index (χ0) is 12.0. The summed E-state index contributed by atoms with van der Waals surface area (Å²) in [6.45, 7) is 0. The Morgan fingerprint density at radius 1 is 1.29 bits per heavy atom. The SMILES string of the molecule is O=C(O)c1ccc2c(c1)NC(C1CC1)C(=O)N2. The van der Waals surface area contributed by atoms with E-state index in [4.69, 9.17) is 5.11 Å². The number of anilines is 2. The smallest absolute Gasteiger partial charge is 0.335 e. The molecule has 3 rings (SSSR count). The molecule has 1 aliphatic heterocycles. The third kappa shape index (κ3) is 1.73. The van der Waals surface area contributed by atoms with E-state index in [9.17, 15) is 9.59 Å². The first-order valence-electron chi connectivity index (χ1n) is 5.60. The lowest BCUT2D eigenvalue weighted by Crippen LogP contribution is -2.40. The Morgan fingerprint density at radius 2 is 2.06 bits per heavy atom. The number of carbonyl (C=O) groups is 2. The van der Waals surface area contributed by atoms with E-state index < -0.39 is 5.97 Å². The standard InChI is InChI=1S/C12H12N2O3/c15-11-10(6-1-2-6)13-9-5-7(12(16)17)3-4-8(9)14-11/h3-6,10,13H,1-2H2,(H,14,15)(H,16,17). The van der Waals surface area contributed by atoms with Crippen LogP contribution in [0.3, 0.4) is 0 Å². The maximum Gasteiger partial charge on any atom is 0.335 e. The molecule has 0 radical (unpaired) electrons. The predicted molar refractivity (Wildman–Crippen MR) is 62.2 cm³/mol. The first kappa shape index (κ1) is 10.1. The molecule has 0 bridgehead atoms. The highest BCUT2D eigenvalue weighted by Gasteiger charge is 2.38. The zero-order valence-corrected chi connectivity index (χ0v) is 9.06. The molecule has 1 amide bonds. The molecule has 5 nitrogen and oxygen atoms in total. The Kier molecular flexibility index (Phi) is 2.07. The number of nitrogens with one attached hydrogen (secondary N) is 2. The second kappa shape index (κ2) is 3.48. The molecule has 1 heterocycles. The third-order valence-electron chi connectivity index (χ3n) is 3.21. The average Bonchev–Trinajstić information content (AvgIpc) is 3.11. The van der Waals surface area contributed by atoms with Crippen molar-refractivity contribution in [2.75, 3.05) is 10.6 Å². The number of benzene rings is 1. The molecule has 1 aromatic carbocycles. The first-order valence-corrected chi connectivity index (χ1v) is 5.60. The van der Waals surface area contributed by atoms with E-state index >= 15 is 0 Å². The van der Waals surface area contributed by atoms with Crippen LogP contribution in [0.1, 0.15) is 23.2 Å². The lowest BCUT2D eigenvalue weighted by atomic mass is 10.1. The Morgan fingerprint density at radius 3 is 2.71 bits per heavy atom. The molecule has 17 heavy (non-hydrogen) atoms. The van der Waals surface area contributed by atoms with Crippen LogP contribution < -0.4 is 10.6 Å². The predicted octanol–water partition coefficient (Wildman–Crippen LogP) is 1.53. The van der Waals surface area contributed by atoms with E-state index in [1.807, 2.05) is 0 Å². The molecule has 3 N–H and O–H groups in total. The molecule has 0 aromatic heterocycles. The van der Waals surface area contributed by atoms with Crippen LogP contribution >= 0.6 is 0 Å². The van der Waals surface area contributed by atoms with Crippen molar-refractivity contribution in [3.63, 3.8) is 0 Å². The van der Waals surface area contributed by atoms with Gasteiger partial charge in [0, 0.05) is 0 Å². The summed E-state index contributed by atoms with van der Waals surface area (Å²) in [5, 5.41) is 14.8. The minimum absolute atomic E-state index is 0.0249. The topological polar surface area (TPSA) is 78.4 Å². The number of carboxylic acids is 1. The van der Waals surface area contributed by atoms with Crippen molar-refractivity contribution < 1.29 is 14.7 Å². The van der Waals surface area contributed by atoms with Gasteiger partial charge in [-0.05, 0) is 37.0 Å². The average molecular weight is 232 g/mol.